The van der Waals surface area contributed by atoms with Gasteiger partial charge in [0.1, 0.15) is 5.75 Å². The molecule has 0 aliphatic heterocycles. The van der Waals surface area contributed by atoms with Crippen LogP contribution in [0.3, 0.4) is 0 Å². The van der Waals surface area contributed by atoms with Gasteiger partial charge < -0.3 is 10.6 Å². The quantitative estimate of drug-likeness (QED) is 0.658. The highest BCUT2D eigenvalue weighted by Gasteiger charge is 2.18. The zero-order valence-corrected chi connectivity index (χ0v) is 10.9. The first kappa shape index (κ1) is 15.4. The van der Waals surface area contributed by atoms with Crippen LogP contribution >= 0.6 is 0 Å². The third-order valence-corrected chi connectivity index (χ3v) is 3.87. The topological polar surface area (TPSA) is 80.5 Å². The van der Waals surface area contributed by atoms with E-state index in [9.17, 15) is 13.2 Å². The molecule has 0 fully saturated rings. The molecule has 0 aliphatic carbocycles. The maximum atomic E-state index is 11.5. The highest BCUT2D eigenvalue weighted by Crippen LogP contribution is 1.98. The van der Waals surface area contributed by atoms with Gasteiger partial charge in [-0.1, -0.05) is 13.3 Å². The van der Waals surface area contributed by atoms with E-state index in [1.54, 1.807) is 7.05 Å². The van der Waals surface area contributed by atoms with Gasteiger partial charge in [0.05, 0.1) is 5.75 Å². The number of carbonyl (C=O) groups excluding carboxylic acids is 1. The Morgan fingerprint density at radius 3 is 2.44 bits per heavy atom. The summed E-state index contributed by atoms with van der Waals surface area (Å²) in [4.78, 5) is 13.0. The third kappa shape index (κ3) is 6.79. The summed E-state index contributed by atoms with van der Waals surface area (Å²) in [5.41, 5.74) is 5.23. The Balaban J connectivity index is 4.11. The first-order chi connectivity index (χ1) is 7.43. The predicted molar refractivity (Wildman–Crippen MR) is 64.9 cm³/mol. The van der Waals surface area contributed by atoms with Crippen LogP contribution < -0.4 is 5.73 Å². The Morgan fingerprint density at radius 2 is 1.94 bits per heavy atom. The van der Waals surface area contributed by atoms with E-state index in [1.165, 1.54) is 4.90 Å². The van der Waals surface area contributed by atoms with Crippen molar-refractivity contribution in [1.29, 1.82) is 0 Å². The summed E-state index contributed by atoms with van der Waals surface area (Å²) in [6.45, 7) is 2.97. The molecule has 16 heavy (non-hydrogen) atoms. The molecule has 96 valence electrons. The second kappa shape index (κ2) is 7.62. The molecule has 0 spiro atoms. The maximum Gasteiger partial charge on any atom is 0.237 e. The number of nitrogens with zero attached hydrogens (tertiary/aromatic N) is 1. The van der Waals surface area contributed by atoms with E-state index in [2.05, 4.69) is 0 Å². The van der Waals surface area contributed by atoms with E-state index in [0.29, 0.717) is 19.5 Å². The predicted octanol–water partition coefficient (Wildman–Crippen LogP) is 0.00850. The van der Waals surface area contributed by atoms with Crippen LogP contribution in [0.15, 0.2) is 0 Å². The van der Waals surface area contributed by atoms with Gasteiger partial charge in [-0.05, 0) is 19.4 Å². The summed E-state index contributed by atoms with van der Waals surface area (Å²) in [6, 6.07) is 0. The average molecular weight is 250 g/mol. The minimum atomic E-state index is -3.28. The normalized spacial score (nSPS) is 11.4. The largest absolute Gasteiger partial charge is 0.345 e. The lowest BCUT2D eigenvalue weighted by Crippen LogP contribution is -2.34. The molecule has 0 bridgehead atoms. The number of rotatable bonds is 8. The fraction of sp³-hybridized carbons (Fsp3) is 0.900. The van der Waals surface area contributed by atoms with Crippen molar-refractivity contribution in [2.24, 2.45) is 5.73 Å². The Labute approximate surface area is 97.9 Å². The van der Waals surface area contributed by atoms with Crippen molar-refractivity contribution >= 4 is 15.7 Å². The lowest BCUT2D eigenvalue weighted by Gasteiger charge is -2.16. The fourth-order valence-electron chi connectivity index (χ4n) is 1.19. The lowest BCUT2D eigenvalue weighted by atomic mass is 10.3. The summed E-state index contributed by atoms with van der Waals surface area (Å²) >= 11 is 0. The van der Waals surface area contributed by atoms with Gasteiger partial charge in [-0.3, -0.25) is 4.79 Å². The van der Waals surface area contributed by atoms with Crippen molar-refractivity contribution in [3.8, 4) is 0 Å². The molecule has 0 radical (unpaired) electrons. The molecule has 0 aromatic rings. The van der Waals surface area contributed by atoms with Crippen LogP contribution in [0.5, 0.6) is 0 Å². The van der Waals surface area contributed by atoms with Gasteiger partial charge in [0, 0.05) is 13.6 Å². The number of unbranched alkanes of at least 4 members (excludes halogenated alkanes) is 1. The van der Waals surface area contributed by atoms with Crippen molar-refractivity contribution in [3.63, 3.8) is 0 Å². The van der Waals surface area contributed by atoms with E-state index >= 15 is 0 Å². The molecule has 0 aliphatic rings. The van der Waals surface area contributed by atoms with Crippen molar-refractivity contribution in [2.75, 3.05) is 31.6 Å². The molecular formula is C10H22N2O3S. The van der Waals surface area contributed by atoms with Gasteiger partial charge >= 0.3 is 0 Å². The minimum Gasteiger partial charge on any atom is -0.345 e. The van der Waals surface area contributed by atoms with Crippen LogP contribution in [0.4, 0.5) is 0 Å². The van der Waals surface area contributed by atoms with E-state index < -0.39 is 15.6 Å². The number of carbonyl (C=O) groups is 1. The molecule has 0 aromatic heterocycles. The molecule has 0 rings (SSSR count). The third-order valence-electron chi connectivity index (χ3n) is 2.28. The van der Waals surface area contributed by atoms with Crippen molar-refractivity contribution < 1.29 is 13.2 Å². The fourth-order valence-corrected chi connectivity index (χ4v) is 2.54. The second-order valence-electron chi connectivity index (χ2n) is 3.90. The number of sulfone groups is 1. The number of nitrogens with two attached hydrogens (primary N) is 1. The summed E-state index contributed by atoms with van der Waals surface area (Å²) in [5, 5.41) is 0. The first-order valence-corrected chi connectivity index (χ1v) is 7.39. The molecule has 1 amide bonds. The summed E-state index contributed by atoms with van der Waals surface area (Å²) in [5.74, 6) is -0.727. The number of amides is 1. The zero-order valence-electron chi connectivity index (χ0n) is 10.1. The van der Waals surface area contributed by atoms with Crippen LogP contribution in [-0.2, 0) is 14.6 Å². The SMILES string of the molecule is CCCCN(C)C(=O)CS(=O)(=O)CCCN. The van der Waals surface area contributed by atoms with Crippen LogP contribution in [0, 0.1) is 0 Å². The summed E-state index contributed by atoms with van der Waals surface area (Å²) in [6.07, 6.45) is 2.29. The van der Waals surface area contributed by atoms with E-state index in [4.69, 9.17) is 5.73 Å². The van der Waals surface area contributed by atoms with Gasteiger partial charge in [0.15, 0.2) is 9.84 Å². The van der Waals surface area contributed by atoms with E-state index in [0.717, 1.165) is 12.8 Å². The molecule has 0 saturated heterocycles. The smallest absolute Gasteiger partial charge is 0.237 e. The Hall–Kier alpha value is -0.620. The van der Waals surface area contributed by atoms with Crippen LogP contribution in [0.25, 0.3) is 0 Å². The van der Waals surface area contributed by atoms with Crippen LogP contribution in [-0.4, -0.2) is 50.9 Å². The minimum absolute atomic E-state index is 0.00312. The van der Waals surface area contributed by atoms with Crippen molar-refractivity contribution in [2.45, 2.75) is 26.2 Å². The molecule has 5 nitrogen and oxygen atoms in total. The highest BCUT2D eigenvalue weighted by molar-refractivity contribution is 7.92. The van der Waals surface area contributed by atoms with Gasteiger partial charge in [0.2, 0.25) is 5.91 Å². The van der Waals surface area contributed by atoms with Crippen LogP contribution in [0.2, 0.25) is 0 Å². The second-order valence-corrected chi connectivity index (χ2v) is 6.09. The summed E-state index contributed by atoms with van der Waals surface area (Å²) in [7, 11) is -1.65. The van der Waals surface area contributed by atoms with E-state index in [-0.39, 0.29) is 11.7 Å². The van der Waals surface area contributed by atoms with Gasteiger partial charge in [-0.15, -0.1) is 0 Å². The maximum absolute atomic E-state index is 11.5. The standard InChI is InChI=1S/C10H22N2O3S/c1-3-4-7-12(2)10(13)9-16(14,15)8-5-6-11/h3-9,11H2,1-2H3. The van der Waals surface area contributed by atoms with E-state index in [1.807, 2.05) is 6.92 Å². The first-order valence-electron chi connectivity index (χ1n) is 5.57. The molecule has 0 heterocycles. The van der Waals surface area contributed by atoms with Crippen molar-refractivity contribution in [1.82, 2.24) is 4.90 Å². The number of hydrogen-bond acceptors (Lipinski definition) is 4. The Kier molecular flexibility index (Phi) is 7.33. The van der Waals surface area contributed by atoms with Crippen LogP contribution in [0.1, 0.15) is 26.2 Å². The van der Waals surface area contributed by atoms with Gasteiger partial charge in [0.25, 0.3) is 0 Å². The van der Waals surface area contributed by atoms with Gasteiger partial charge in [-0.2, -0.15) is 0 Å². The van der Waals surface area contributed by atoms with Crippen molar-refractivity contribution in [3.05, 3.63) is 0 Å². The summed E-state index contributed by atoms with van der Waals surface area (Å²) < 4.78 is 23.0. The molecule has 2 N–H and O–H groups in total. The molecular weight excluding hydrogens is 228 g/mol. The monoisotopic (exact) mass is 250 g/mol. The molecule has 0 aromatic carbocycles. The molecule has 0 saturated carbocycles. The zero-order chi connectivity index (χ0) is 12.6. The molecule has 0 unspecified atom stereocenters. The Bertz CT molecular complexity index is 301. The lowest BCUT2D eigenvalue weighted by molar-refractivity contribution is -0.127. The highest BCUT2D eigenvalue weighted by atomic mass is 32.2. The number of hydrogen-bond donors (Lipinski definition) is 1. The van der Waals surface area contributed by atoms with Gasteiger partial charge in [-0.25, -0.2) is 8.42 Å². The Morgan fingerprint density at radius 1 is 1.31 bits per heavy atom. The molecule has 0 atom stereocenters. The molecule has 6 heteroatoms. The average Bonchev–Trinajstić information content (AvgIpc) is 2.22.